The highest BCUT2D eigenvalue weighted by Crippen LogP contribution is 2.52. The number of nitrogens with zero attached hydrogens (tertiary/aromatic N) is 2. The second-order valence-electron chi connectivity index (χ2n) is 15.0. The maximum absolute atomic E-state index is 2.57. The Kier molecular flexibility index (Phi) is 7.29. The number of hydrogen-bond acceptors (Lipinski definition) is 2. The van der Waals surface area contributed by atoms with Crippen molar-refractivity contribution >= 4 is 57.2 Å². The number of fused-ring (bicyclic) bond motifs is 4. The molecule has 2 aliphatic rings. The minimum Gasteiger partial charge on any atom is -0.311 e. The van der Waals surface area contributed by atoms with Gasteiger partial charge in [0.05, 0.1) is 0 Å². The summed E-state index contributed by atoms with van der Waals surface area (Å²) < 4.78 is 0. The first-order valence-corrected chi connectivity index (χ1v) is 18.1. The molecule has 7 aromatic rings. The van der Waals surface area contributed by atoms with Crippen molar-refractivity contribution in [1.82, 2.24) is 0 Å². The van der Waals surface area contributed by atoms with Gasteiger partial charge in [-0.15, -0.1) is 0 Å². The molecule has 9 rings (SSSR count). The van der Waals surface area contributed by atoms with E-state index in [1.807, 2.05) is 0 Å². The van der Waals surface area contributed by atoms with Crippen molar-refractivity contribution in [1.29, 1.82) is 0 Å². The maximum Gasteiger partial charge on any atom is 0.252 e. The van der Waals surface area contributed by atoms with E-state index in [0.717, 1.165) is 11.4 Å². The van der Waals surface area contributed by atoms with E-state index in [-0.39, 0.29) is 17.5 Å². The van der Waals surface area contributed by atoms with E-state index < -0.39 is 0 Å². The maximum atomic E-state index is 2.57. The molecule has 0 atom stereocenters. The molecule has 0 aliphatic carbocycles. The van der Waals surface area contributed by atoms with Gasteiger partial charge < -0.3 is 9.80 Å². The third kappa shape index (κ3) is 4.79. The third-order valence-electron chi connectivity index (χ3n) is 11.4. The first kappa shape index (κ1) is 31.2. The monoisotopic (exact) mass is 656 g/mol. The Morgan fingerprint density at radius 2 is 0.725 bits per heavy atom. The van der Waals surface area contributed by atoms with Gasteiger partial charge in [0, 0.05) is 45.0 Å². The summed E-state index contributed by atoms with van der Waals surface area (Å²) in [6.45, 7) is 9.67. The SMILES string of the molecule is CC(C)(c1ccccc1)c1cc(C(C)(C)c2ccccc2)c2c3c1N(c1ccccc1)c1ccccc1B3c1ccccc1N2c1ccccc1. The van der Waals surface area contributed by atoms with Gasteiger partial charge in [0.2, 0.25) is 0 Å². The lowest BCUT2D eigenvalue weighted by atomic mass is 9.33. The van der Waals surface area contributed by atoms with Crippen LogP contribution in [0.15, 0.2) is 176 Å². The predicted molar refractivity (Wildman–Crippen MR) is 218 cm³/mol. The minimum atomic E-state index is -0.328. The van der Waals surface area contributed by atoms with E-state index in [1.165, 1.54) is 61.4 Å². The Bertz CT molecular complexity index is 2200. The van der Waals surface area contributed by atoms with Crippen LogP contribution in [0.5, 0.6) is 0 Å². The van der Waals surface area contributed by atoms with Crippen LogP contribution in [0, 0.1) is 0 Å². The van der Waals surface area contributed by atoms with Crippen molar-refractivity contribution in [3.8, 4) is 0 Å². The molecule has 51 heavy (non-hydrogen) atoms. The zero-order valence-corrected chi connectivity index (χ0v) is 29.7. The van der Waals surface area contributed by atoms with E-state index in [1.54, 1.807) is 0 Å². The fourth-order valence-corrected chi connectivity index (χ4v) is 8.69. The van der Waals surface area contributed by atoms with Crippen molar-refractivity contribution in [2.24, 2.45) is 0 Å². The van der Waals surface area contributed by atoms with Crippen molar-refractivity contribution in [3.63, 3.8) is 0 Å². The first-order chi connectivity index (χ1) is 24.9. The summed E-state index contributed by atoms with van der Waals surface area (Å²) in [5, 5.41) is 0. The van der Waals surface area contributed by atoms with Crippen LogP contribution in [0.25, 0.3) is 0 Å². The smallest absolute Gasteiger partial charge is 0.252 e. The average Bonchev–Trinajstić information content (AvgIpc) is 3.19. The second kappa shape index (κ2) is 11.9. The van der Waals surface area contributed by atoms with E-state index in [4.69, 9.17) is 0 Å². The van der Waals surface area contributed by atoms with Gasteiger partial charge in [-0.2, -0.15) is 0 Å². The quantitative estimate of drug-likeness (QED) is 0.164. The van der Waals surface area contributed by atoms with Crippen LogP contribution < -0.4 is 26.2 Å². The van der Waals surface area contributed by atoms with Crippen LogP contribution in [0.2, 0.25) is 0 Å². The molecule has 0 aromatic heterocycles. The van der Waals surface area contributed by atoms with E-state index >= 15 is 0 Å². The van der Waals surface area contributed by atoms with Gasteiger partial charge in [0.15, 0.2) is 0 Å². The Balaban J connectivity index is 1.51. The summed E-state index contributed by atoms with van der Waals surface area (Å²) in [6.07, 6.45) is 0. The van der Waals surface area contributed by atoms with Crippen molar-refractivity contribution in [2.45, 2.75) is 38.5 Å². The van der Waals surface area contributed by atoms with Crippen LogP contribution in [0.3, 0.4) is 0 Å². The lowest BCUT2D eigenvalue weighted by Crippen LogP contribution is -2.62. The van der Waals surface area contributed by atoms with Gasteiger partial charge in [-0.25, -0.2) is 0 Å². The summed E-state index contributed by atoms with van der Waals surface area (Å²) >= 11 is 0. The Morgan fingerprint density at radius 1 is 0.392 bits per heavy atom. The minimum absolute atomic E-state index is 0.0409. The largest absolute Gasteiger partial charge is 0.311 e. The summed E-state index contributed by atoms with van der Waals surface area (Å²) in [7, 11) is 0. The zero-order chi connectivity index (χ0) is 34.7. The molecule has 0 bridgehead atoms. The van der Waals surface area contributed by atoms with Gasteiger partial charge in [0.25, 0.3) is 6.71 Å². The van der Waals surface area contributed by atoms with Crippen molar-refractivity contribution < 1.29 is 0 Å². The molecule has 2 heterocycles. The van der Waals surface area contributed by atoms with Crippen LogP contribution in [-0.4, -0.2) is 6.71 Å². The fraction of sp³-hybridized carbons (Fsp3) is 0.125. The highest BCUT2D eigenvalue weighted by atomic mass is 15.2. The molecule has 246 valence electrons. The van der Waals surface area contributed by atoms with E-state index in [9.17, 15) is 0 Å². The predicted octanol–water partition coefficient (Wildman–Crippen LogP) is 10.4. The van der Waals surface area contributed by atoms with Crippen molar-refractivity contribution in [3.05, 3.63) is 198 Å². The standard InChI is InChI=1S/C48H41BN2/c1-47(2,34-21-9-5-10-22-34)38-33-39(48(3,4)35-23-11-6-12-24-35)46-44-45(38)50(36-25-13-7-14-26-36)42-31-19-17-29-40(42)49(44)41-30-18-20-32-43(41)51(46)37-27-15-8-16-28-37/h5-33H,1-4H3. The molecule has 0 saturated carbocycles. The number of benzene rings is 7. The van der Waals surface area contributed by atoms with Crippen LogP contribution in [-0.2, 0) is 10.8 Å². The van der Waals surface area contributed by atoms with E-state index in [2.05, 4.69) is 213 Å². The Hall–Kier alpha value is -5.80. The number of hydrogen-bond donors (Lipinski definition) is 0. The van der Waals surface area contributed by atoms with Gasteiger partial charge in [0.1, 0.15) is 0 Å². The summed E-state index contributed by atoms with van der Waals surface area (Å²) in [5.74, 6) is 0. The van der Waals surface area contributed by atoms with E-state index in [0.29, 0.717) is 0 Å². The molecule has 0 N–H and O–H groups in total. The first-order valence-electron chi connectivity index (χ1n) is 18.1. The number of rotatable bonds is 6. The van der Waals surface area contributed by atoms with Gasteiger partial charge >= 0.3 is 0 Å². The Morgan fingerprint density at radius 3 is 1.12 bits per heavy atom. The average molecular weight is 657 g/mol. The van der Waals surface area contributed by atoms with Gasteiger partial charge in [-0.1, -0.05) is 161 Å². The van der Waals surface area contributed by atoms with Crippen LogP contribution in [0.4, 0.5) is 34.1 Å². The van der Waals surface area contributed by atoms with Gasteiger partial charge in [-0.05, 0) is 81.1 Å². The summed E-state index contributed by atoms with van der Waals surface area (Å²) in [6, 6.07) is 64.8. The molecule has 0 saturated heterocycles. The van der Waals surface area contributed by atoms with Crippen molar-refractivity contribution in [2.75, 3.05) is 9.80 Å². The molecule has 0 fully saturated rings. The molecule has 3 heteroatoms. The number of anilines is 6. The lowest BCUT2D eigenvalue weighted by molar-refractivity contribution is 0.619. The van der Waals surface area contributed by atoms with Crippen LogP contribution >= 0.6 is 0 Å². The normalized spacial score (nSPS) is 13.4. The van der Waals surface area contributed by atoms with Gasteiger partial charge in [-0.3, -0.25) is 0 Å². The molecule has 0 radical (unpaired) electrons. The highest BCUT2D eigenvalue weighted by Gasteiger charge is 2.48. The Labute approximate surface area is 302 Å². The summed E-state index contributed by atoms with van der Waals surface area (Å²) in [5.41, 5.74) is 15.9. The highest BCUT2D eigenvalue weighted by molar-refractivity contribution is 7.00. The summed E-state index contributed by atoms with van der Waals surface area (Å²) in [4.78, 5) is 5.11. The molecule has 2 nitrogen and oxygen atoms in total. The molecule has 0 spiro atoms. The number of para-hydroxylation sites is 4. The fourth-order valence-electron chi connectivity index (χ4n) is 8.69. The topological polar surface area (TPSA) is 6.48 Å². The molecule has 0 unspecified atom stereocenters. The molecule has 7 aromatic carbocycles. The molecule has 2 aliphatic heterocycles. The zero-order valence-electron chi connectivity index (χ0n) is 29.7. The second-order valence-corrected chi connectivity index (χ2v) is 15.0. The molecular weight excluding hydrogens is 615 g/mol. The molecular formula is C48H41BN2. The molecule has 0 amide bonds. The van der Waals surface area contributed by atoms with Crippen LogP contribution in [0.1, 0.15) is 49.9 Å². The lowest BCUT2D eigenvalue weighted by Gasteiger charge is -2.49. The third-order valence-corrected chi connectivity index (χ3v) is 11.4.